The Balaban J connectivity index is 1.85. The molecule has 0 aromatic carbocycles. The minimum Gasteiger partial charge on any atom is -0.350 e. The Morgan fingerprint density at radius 3 is 2.95 bits per heavy atom. The molecule has 118 valence electrons. The third kappa shape index (κ3) is 2.72. The van der Waals surface area contributed by atoms with E-state index >= 15 is 0 Å². The van der Waals surface area contributed by atoms with E-state index in [9.17, 15) is 10.1 Å². The van der Waals surface area contributed by atoms with E-state index < -0.39 is 0 Å². The van der Waals surface area contributed by atoms with Crippen molar-refractivity contribution in [2.24, 2.45) is 4.99 Å². The molecule has 1 aromatic heterocycles. The van der Waals surface area contributed by atoms with Crippen molar-refractivity contribution in [1.82, 2.24) is 9.80 Å². The van der Waals surface area contributed by atoms with Gasteiger partial charge in [-0.15, -0.1) is 11.3 Å². The fourth-order valence-corrected chi connectivity index (χ4v) is 3.92. The van der Waals surface area contributed by atoms with Gasteiger partial charge in [0.25, 0.3) is 0 Å². The Morgan fingerprint density at radius 2 is 2.23 bits per heavy atom. The first-order valence-electron chi connectivity index (χ1n) is 7.60. The van der Waals surface area contributed by atoms with Gasteiger partial charge in [-0.05, 0) is 43.7 Å². The Kier molecular flexibility index (Phi) is 4.15. The van der Waals surface area contributed by atoms with Gasteiger partial charge in [0.05, 0.1) is 11.1 Å². The molecule has 3 rings (SSSR count). The zero-order valence-electron chi connectivity index (χ0n) is 12.9. The first-order chi connectivity index (χ1) is 10.6. The summed E-state index contributed by atoms with van der Waals surface area (Å²) in [6.45, 7) is 6.25. The second-order valence-electron chi connectivity index (χ2n) is 5.54. The molecule has 1 unspecified atom stereocenters. The molecule has 0 aliphatic carbocycles. The average Bonchev–Trinajstić information content (AvgIpc) is 2.85. The molecule has 1 aromatic rings. The van der Waals surface area contributed by atoms with Gasteiger partial charge in [0.2, 0.25) is 5.84 Å². The van der Waals surface area contributed by atoms with Crippen LogP contribution in [0.5, 0.6) is 0 Å². The van der Waals surface area contributed by atoms with E-state index in [4.69, 9.17) is 0 Å². The van der Waals surface area contributed by atoms with Gasteiger partial charge in [-0.2, -0.15) is 0 Å². The molecular formula is C15H20N4O2S. The monoisotopic (exact) mass is 320 g/mol. The van der Waals surface area contributed by atoms with Crippen LogP contribution in [0.1, 0.15) is 24.3 Å². The molecule has 0 saturated heterocycles. The van der Waals surface area contributed by atoms with Gasteiger partial charge in [-0.1, -0.05) is 0 Å². The third-order valence-electron chi connectivity index (χ3n) is 4.27. The molecule has 0 N–H and O–H groups in total. The first-order valence-corrected chi connectivity index (χ1v) is 8.48. The number of hydrogen-bond acceptors (Lipinski definition) is 6. The predicted octanol–water partition coefficient (Wildman–Crippen LogP) is 2.35. The normalized spacial score (nSPS) is 21.8. The predicted molar refractivity (Wildman–Crippen MR) is 87.7 cm³/mol. The molecular weight excluding hydrogens is 300 g/mol. The maximum absolute atomic E-state index is 11.4. The molecule has 2 aliphatic heterocycles. The van der Waals surface area contributed by atoms with Crippen LogP contribution in [-0.4, -0.2) is 46.4 Å². The Hall–Kier alpha value is -1.89. The highest BCUT2D eigenvalue weighted by molar-refractivity contribution is 7.10. The summed E-state index contributed by atoms with van der Waals surface area (Å²) in [5.41, 5.74) is 1.49. The summed E-state index contributed by atoms with van der Waals surface area (Å²) < 4.78 is 0. The van der Waals surface area contributed by atoms with Crippen LogP contribution >= 0.6 is 11.3 Å². The summed E-state index contributed by atoms with van der Waals surface area (Å²) in [7, 11) is 0. The maximum atomic E-state index is 11.4. The van der Waals surface area contributed by atoms with E-state index in [2.05, 4.69) is 21.3 Å². The molecule has 6 nitrogen and oxygen atoms in total. The average molecular weight is 320 g/mol. The number of amidine groups is 1. The lowest BCUT2D eigenvalue weighted by Crippen LogP contribution is -2.42. The van der Waals surface area contributed by atoms with Crippen LogP contribution in [0.4, 0.5) is 0 Å². The maximum Gasteiger partial charge on any atom is 0.326 e. The molecule has 0 fully saturated rings. The van der Waals surface area contributed by atoms with Gasteiger partial charge in [-0.3, -0.25) is 10.1 Å². The molecule has 0 amide bonds. The van der Waals surface area contributed by atoms with E-state index in [1.165, 1.54) is 10.4 Å². The fourth-order valence-electron chi connectivity index (χ4n) is 2.99. The molecule has 22 heavy (non-hydrogen) atoms. The molecule has 0 radical (unpaired) electrons. The number of thiophene rings is 1. The molecule has 0 saturated carbocycles. The molecule has 3 heterocycles. The van der Waals surface area contributed by atoms with Crippen LogP contribution in [-0.2, 0) is 12.8 Å². The lowest BCUT2D eigenvalue weighted by atomic mass is 10.2. The number of rotatable bonds is 2. The van der Waals surface area contributed by atoms with E-state index in [-0.39, 0.29) is 16.8 Å². The van der Waals surface area contributed by atoms with Gasteiger partial charge < -0.3 is 9.80 Å². The van der Waals surface area contributed by atoms with Crippen molar-refractivity contribution in [3.63, 3.8) is 0 Å². The van der Waals surface area contributed by atoms with Crippen molar-refractivity contribution in [3.8, 4) is 0 Å². The van der Waals surface area contributed by atoms with Gasteiger partial charge >= 0.3 is 5.70 Å². The van der Waals surface area contributed by atoms with Crippen molar-refractivity contribution < 1.29 is 4.92 Å². The third-order valence-corrected chi connectivity index (χ3v) is 5.29. The zero-order valence-corrected chi connectivity index (χ0v) is 13.7. The molecule has 0 spiro atoms. The van der Waals surface area contributed by atoms with Crippen LogP contribution in [0.3, 0.4) is 0 Å². The second-order valence-corrected chi connectivity index (χ2v) is 6.54. The Morgan fingerprint density at radius 1 is 1.45 bits per heavy atom. The summed E-state index contributed by atoms with van der Waals surface area (Å²) in [6.07, 6.45) is 3.45. The summed E-state index contributed by atoms with van der Waals surface area (Å²) in [6, 6.07) is 2.16. The number of aliphatic imine (C=N–C) groups is 1. The van der Waals surface area contributed by atoms with E-state index in [0.717, 1.165) is 25.9 Å². The number of nitrogens with zero attached hydrogens (tertiary/aromatic N) is 4. The topological polar surface area (TPSA) is 62.0 Å². The highest BCUT2D eigenvalue weighted by Gasteiger charge is 2.32. The molecule has 2 aliphatic rings. The van der Waals surface area contributed by atoms with Crippen LogP contribution in [0.15, 0.2) is 28.3 Å². The van der Waals surface area contributed by atoms with Crippen molar-refractivity contribution in [2.45, 2.75) is 32.9 Å². The van der Waals surface area contributed by atoms with E-state index in [1.807, 2.05) is 18.7 Å². The Labute approximate surface area is 133 Å². The van der Waals surface area contributed by atoms with Crippen molar-refractivity contribution in [1.29, 1.82) is 0 Å². The van der Waals surface area contributed by atoms with Crippen molar-refractivity contribution >= 4 is 17.2 Å². The van der Waals surface area contributed by atoms with Gasteiger partial charge in [0, 0.05) is 24.5 Å². The SMILES string of the molecule is CCN1C=C([N+](=O)[O-])C(N2CCc3ccsc3CC2)=NC1C. The van der Waals surface area contributed by atoms with E-state index in [1.54, 1.807) is 17.5 Å². The van der Waals surface area contributed by atoms with Crippen molar-refractivity contribution in [3.05, 3.63) is 43.9 Å². The smallest absolute Gasteiger partial charge is 0.326 e. The van der Waals surface area contributed by atoms with Crippen LogP contribution in [0.2, 0.25) is 0 Å². The highest BCUT2D eigenvalue weighted by Crippen LogP contribution is 2.24. The fraction of sp³-hybridized carbons (Fsp3) is 0.533. The van der Waals surface area contributed by atoms with Crippen LogP contribution in [0, 0.1) is 10.1 Å². The molecule has 7 heteroatoms. The standard InChI is InChI=1S/C15H20N4O2S/c1-3-17-10-13(19(20)21)15(16-11(17)2)18-7-4-12-6-9-22-14(12)5-8-18/h6,9-11H,3-5,7-8H2,1-2H3. The summed E-state index contributed by atoms with van der Waals surface area (Å²) in [5, 5.41) is 13.6. The molecule has 1 atom stereocenters. The minimum atomic E-state index is -0.311. The van der Waals surface area contributed by atoms with Crippen LogP contribution < -0.4 is 0 Å². The summed E-state index contributed by atoms with van der Waals surface area (Å²) in [4.78, 5) is 21.1. The van der Waals surface area contributed by atoms with Crippen LogP contribution in [0.25, 0.3) is 0 Å². The lowest BCUT2D eigenvalue weighted by Gasteiger charge is -2.31. The summed E-state index contributed by atoms with van der Waals surface area (Å²) >= 11 is 1.78. The van der Waals surface area contributed by atoms with Crippen molar-refractivity contribution in [2.75, 3.05) is 19.6 Å². The lowest BCUT2D eigenvalue weighted by molar-refractivity contribution is -0.417. The zero-order chi connectivity index (χ0) is 15.7. The van der Waals surface area contributed by atoms with Gasteiger partial charge in [0.1, 0.15) is 6.17 Å². The quantitative estimate of drug-likeness (QED) is 0.620. The number of nitro groups is 1. The highest BCUT2D eigenvalue weighted by atomic mass is 32.1. The largest absolute Gasteiger partial charge is 0.350 e. The van der Waals surface area contributed by atoms with E-state index in [0.29, 0.717) is 12.4 Å². The Bertz CT molecular complexity index is 615. The summed E-state index contributed by atoms with van der Waals surface area (Å²) in [5.74, 6) is 0.539. The molecule has 0 bridgehead atoms. The first kappa shape index (κ1) is 15.0. The van der Waals surface area contributed by atoms with Gasteiger partial charge in [-0.25, -0.2) is 4.99 Å². The number of hydrogen-bond donors (Lipinski definition) is 0. The second kappa shape index (κ2) is 6.08. The number of fused-ring (bicyclic) bond motifs is 1. The van der Waals surface area contributed by atoms with Gasteiger partial charge in [0.15, 0.2) is 0 Å². The minimum absolute atomic E-state index is 0.0546.